The summed E-state index contributed by atoms with van der Waals surface area (Å²) in [4.78, 5) is 0.249. The molecule has 0 amide bonds. The maximum Gasteiger partial charge on any atom is 0.261 e. The number of hydrogen-bond donors (Lipinski definition) is 2. The average Bonchev–Trinajstić information content (AvgIpc) is 2.40. The van der Waals surface area contributed by atoms with E-state index < -0.39 is 10.0 Å². The summed E-state index contributed by atoms with van der Waals surface area (Å²) in [5, 5.41) is 0. The molecule has 0 aliphatic carbocycles. The molecule has 0 fully saturated rings. The van der Waals surface area contributed by atoms with Gasteiger partial charge in [-0.1, -0.05) is 30.3 Å². The van der Waals surface area contributed by atoms with Crippen LogP contribution in [0.1, 0.15) is 5.56 Å². The Hall–Kier alpha value is -1.85. The van der Waals surface area contributed by atoms with Crippen molar-refractivity contribution < 1.29 is 8.42 Å². The van der Waals surface area contributed by atoms with Gasteiger partial charge < -0.3 is 5.73 Å². The van der Waals surface area contributed by atoms with Gasteiger partial charge in [0.1, 0.15) is 0 Å². The highest BCUT2D eigenvalue weighted by Crippen LogP contribution is 2.17. The van der Waals surface area contributed by atoms with Gasteiger partial charge in [-0.2, -0.15) is 0 Å². The second-order valence-corrected chi connectivity index (χ2v) is 5.84. The van der Waals surface area contributed by atoms with Crippen molar-refractivity contribution in [2.45, 2.75) is 11.3 Å². The summed E-state index contributed by atoms with van der Waals surface area (Å²) in [6.07, 6.45) is 0.723. The molecule has 0 unspecified atom stereocenters. The van der Waals surface area contributed by atoms with Crippen LogP contribution in [0, 0.1) is 0 Å². The molecule has 0 atom stereocenters. The predicted octanol–water partition coefficient (Wildman–Crippen LogP) is 1.99. The van der Waals surface area contributed by atoms with Crippen LogP contribution in [-0.2, 0) is 16.4 Å². The van der Waals surface area contributed by atoms with Crippen LogP contribution >= 0.6 is 0 Å². The fourth-order valence-electron chi connectivity index (χ4n) is 1.77. The molecule has 4 nitrogen and oxygen atoms in total. The Balaban J connectivity index is 2.23. The topological polar surface area (TPSA) is 72.2 Å². The standard InChI is InChI=1S/C14H16N2O2S/c15-10-9-12-5-4-6-13(11-12)16-19(17,18)14-7-2-1-3-8-14/h1-8,11,16H,9-10,15H2. The van der Waals surface area contributed by atoms with E-state index in [1.807, 2.05) is 12.1 Å². The lowest BCUT2D eigenvalue weighted by atomic mass is 10.1. The van der Waals surface area contributed by atoms with Crippen LogP contribution in [0.4, 0.5) is 5.69 Å². The van der Waals surface area contributed by atoms with E-state index in [-0.39, 0.29) is 4.90 Å². The molecule has 0 radical (unpaired) electrons. The smallest absolute Gasteiger partial charge is 0.261 e. The largest absolute Gasteiger partial charge is 0.330 e. The molecule has 3 N–H and O–H groups in total. The normalized spacial score (nSPS) is 11.2. The summed E-state index contributed by atoms with van der Waals surface area (Å²) in [7, 11) is -3.53. The Labute approximate surface area is 113 Å². The molecule has 0 bridgehead atoms. The van der Waals surface area contributed by atoms with E-state index in [9.17, 15) is 8.42 Å². The molecular weight excluding hydrogens is 260 g/mol. The number of sulfonamides is 1. The monoisotopic (exact) mass is 276 g/mol. The van der Waals surface area contributed by atoms with Gasteiger partial charge in [-0.3, -0.25) is 4.72 Å². The van der Waals surface area contributed by atoms with E-state index in [0.29, 0.717) is 12.2 Å². The van der Waals surface area contributed by atoms with Crippen molar-refractivity contribution in [1.29, 1.82) is 0 Å². The summed E-state index contributed by atoms with van der Waals surface area (Å²) >= 11 is 0. The molecule has 2 aromatic carbocycles. The van der Waals surface area contributed by atoms with Crippen molar-refractivity contribution >= 4 is 15.7 Å². The summed E-state index contributed by atoms with van der Waals surface area (Å²) in [5.41, 5.74) is 7.05. The Kier molecular flexibility index (Phi) is 4.19. The van der Waals surface area contributed by atoms with Crippen molar-refractivity contribution in [3.05, 3.63) is 60.2 Å². The zero-order chi connectivity index (χ0) is 13.7. The van der Waals surface area contributed by atoms with Crippen LogP contribution in [0.2, 0.25) is 0 Å². The second-order valence-electron chi connectivity index (χ2n) is 4.16. The minimum absolute atomic E-state index is 0.249. The molecular formula is C14H16N2O2S. The first-order valence-electron chi connectivity index (χ1n) is 5.99. The molecule has 0 aromatic heterocycles. The van der Waals surface area contributed by atoms with Crippen molar-refractivity contribution in [2.75, 3.05) is 11.3 Å². The lowest BCUT2D eigenvalue weighted by Crippen LogP contribution is -2.13. The van der Waals surface area contributed by atoms with Crippen molar-refractivity contribution in [2.24, 2.45) is 5.73 Å². The van der Waals surface area contributed by atoms with Crippen LogP contribution in [-0.4, -0.2) is 15.0 Å². The molecule has 0 aliphatic heterocycles. The van der Waals surface area contributed by atoms with Gasteiger partial charge in [-0.05, 0) is 42.8 Å². The van der Waals surface area contributed by atoms with Crippen molar-refractivity contribution in [3.8, 4) is 0 Å². The molecule has 0 saturated heterocycles. The summed E-state index contributed by atoms with van der Waals surface area (Å²) in [5.74, 6) is 0. The quantitative estimate of drug-likeness (QED) is 0.877. The fourth-order valence-corrected chi connectivity index (χ4v) is 2.84. The van der Waals surface area contributed by atoms with Crippen LogP contribution < -0.4 is 10.5 Å². The number of benzene rings is 2. The minimum atomic E-state index is -3.53. The number of hydrogen-bond acceptors (Lipinski definition) is 3. The highest BCUT2D eigenvalue weighted by atomic mass is 32.2. The molecule has 19 heavy (non-hydrogen) atoms. The Morgan fingerprint density at radius 1 is 1.00 bits per heavy atom. The van der Waals surface area contributed by atoms with Crippen molar-refractivity contribution in [3.63, 3.8) is 0 Å². The molecule has 2 aromatic rings. The number of nitrogens with two attached hydrogens (primary N) is 1. The zero-order valence-electron chi connectivity index (χ0n) is 10.4. The lowest BCUT2D eigenvalue weighted by molar-refractivity contribution is 0.601. The van der Waals surface area contributed by atoms with E-state index in [1.54, 1.807) is 42.5 Å². The maximum absolute atomic E-state index is 12.1. The van der Waals surface area contributed by atoms with Gasteiger partial charge in [-0.15, -0.1) is 0 Å². The highest BCUT2D eigenvalue weighted by Gasteiger charge is 2.13. The first-order chi connectivity index (χ1) is 9.12. The molecule has 0 spiro atoms. The number of rotatable bonds is 5. The molecule has 0 aliphatic rings. The van der Waals surface area contributed by atoms with Gasteiger partial charge >= 0.3 is 0 Å². The first kappa shape index (κ1) is 13.6. The predicted molar refractivity (Wildman–Crippen MR) is 76.5 cm³/mol. The summed E-state index contributed by atoms with van der Waals surface area (Å²) in [6, 6.07) is 15.5. The SMILES string of the molecule is NCCc1cccc(NS(=O)(=O)c2ccccc2)c1. The van der Waals surface area contributed by atoms with Gasteiger partial charge in [-0.25, -0.2) is 8.42 Å². The van der Waals surface area contributed by atoms with Crippen LogP contribution in [0.5, 0.6) is 0 Å². The van der Waals surface area contributed by atoms with Gasteiger partial charge in [0.15, 0.2) is 0 Å². The van der Waals surface area contributed by atoms with E-state index in [0.717, 1.165) is 12.0 Å². The van der Waals surface area contributed by atoms with Crippen molar-refractivity contribution in [1.82, 2.24) is 0 Å². The van der Waals surface area contributed by atoms with Gasteiger partial charge in [0.25, 0.3) is 10.0 Å². The maximum atomic E-state index is 12.1. The van der Waals surface area contributed by atoms with Gasteiger partial charge in [0.2, 0.25) is 0 Å². The number of anilines is 1. The fraction of sp³-hybridized carbons (Fsp3) is 0.143. The lowest BCUT2D eigenvalue weighted by Gasteiger charge is -2.09. The van der Waals surface area contributed by atoms with Crippen LogP contribution in [0.3, 0.4) is 0 Å². The third kappa shape index (κ3) is 3.56. The molecule has 0 saturated carbocycles. The summed E-state index contributed by atoms with van der Waals surface area (Å²) in [6.45, 7) is 0.537. The summed E-state index contributed by atoms with van der Waals surface area (Å²) < 4.78 is 26.8. The van der Waals surface area contributed by atoms with E-state index in [2.05, 4.69) is 4.72 Å². The third-order valence-electron chi connectivity index (χ3n) is 2.67. The van der Waals surface area contributed by atoms with Gasteiger partial charge in [0, 0.05) is 5.69 Å². The third-order valence-corrected chi connectivity index (χ3v) is 4.06. The molecule has 0 heterocycles. The second kappa shape index (κ2) is 5.86. The van der Waals surface area contributed by atoms with Crippen LogP contribution in [0.25, 0.3) is 0 Å². The molecule has 100 valence electrons. The number of nitrogens with one attached hydrogen (secondary N) is 1. The van der Waals surface area contributed by atoms with Crippen LogP contribution in [0.15, 0.2) is 59.5 Å². The zero-order valence-corrected chi connectivity index (χ0v) is 11.2. The van der Waals surface area contributed by atoms with E-state index in [4.69, 9.17) is 5.73 Å². The Bertz CT molecular complexity index is 640. The minimum Gasteiger partial charge on any atom is -0.330 e. The van der Waals surface area contributed by atoms with E-state index >= 15 is 0 Å². The average molecular weight is 276 g/mol. The Morgan fingerprint density at radius 3 is 2.42 bits per heavy atom. The molecule has 2 rings (SSSR count). The highest BCUT2D eigenvalue weighted by molar-refractivity contribution is 7.92. The van der Waals surface area contributed by atoms with Gasteiger partial charge in [0.05, 0.1) is 4.90 Å². The molecule has 5 heteroatoms. The van der Waals surface area contributed by atoms with E-state index in [1.165, 1.54) is 0 Å². The first-order valence-corrected chi connectivity index (χ1v) is 7.47. The Morgan fingerprint density at radius 2 is 1.74 bits per heavy atom.